The van der Waals surface area contributed by atoms with E-state index in [0.29, 0.717) is 10.7 Å². The highest BCUT2D eigenvalue weighted by molar-refractivity contribution is 7.80. The number of hydrogen-bond donors (Lipinski definition) is 1. The Bertz CT molecular complexity index is 751. The summed E-state index contributed by atoms with van der Waals surface area (Å²) in [5, 5.41) is 4.70. The molecule has 1 N–H and O–H groups in total. The molecule has 1 heterocycles. The van der Waals surface area contributed by atoms with Crippen LogP contribution in [0, 0.1) is 6.92 Å². The van der Waals surface area contributed by atoms with E-state index in [1.54, 1.807) is 0 Å². The fourth-order valence-corrected chi connectivity index (χ4v) is 4.33. The van der Waals surface area contributed by atoms with Gasteiger partial charge >= 0.3 is 5.97 Å². The molecule has 0 spiro atoms. The first-order valence-electron chi connectivity index (χ1n) is 8.86. The molecule has 4 nitrogen and oxygen atoms in total. The summed E-state index contributed by atoms with van der Waals surface area (Å²) in [7, 11) is 1.41. The number of carbonyl (C=O) groups is 1. The highest BCUT2D eigenvalue weighted by Gasteiger charge is 2.25. The zero-order chi connectivity index (χ0) is 19.1. The number of nitrogens with one attached hydrogen (secondary N) is 1. The minimum atomic E-state index is -0.351. The summed E-state index contributed by atoms with van der Waals surface area (Å²) in [4.78, 5) is 15.7. The zero-order valence-electron chi connectivity index (χ0n) is 15.8. The lowest BCUT2D eigenvalue weighted by molar-refractivity contribution is 0.0603. The summed E-state index contributed by atoms with van der Waals surface area (Å²) < 4.78 is 5.06. The maximum absolute atomic E-state index is 12.5. The maximum atomic E-state index is 12.5. The first kappa shape index (κ1) is 20.4. The van der Waals surface area contributed by atoms with Gasteiger partial charge in [0.2, 0.25) is 0 Å². The molecule has 1 aromatic carbocycles. The molecule has 0 unspecified atom stereocenters. The van der Waals surface area contributed by atoms with Crippen molar-refractivity contribution in [2.45, 2.75) is 33.6 Å². The molecule has 0 saturated carbocycles. The van der Waals surface area contributed by atoms with Crippen LogP contribution >= 0.6 is 23.6 Å². The molecule has 0 amide bonds. The second-order valence-corrected chi connectivity index (χ2v) is 7.62. The Morgan fingerprint density at radius 2 is 1.81 bits per heavy atom. The van der Waals surface area contributed by atoms with Gasteiger partial charge in [-0.3, -0.25) is 0 Å². The van der Waals surface area contributed by atoms with Gasteiger partial charge in [-0.2, -0.15) is 0 Å². The van der Waals surface area contributed by atoms with Gasteiger partial charge in [0.1, 0.15) is 10.6 Å². The van der Waals surface area contributed by atoms with E-state index in [2.05, 4.69) is 24.1 Å². The van der Waals surface area contributed by atoms with Gasteiger partial charge in [0.05, 0.1) is 7.11 Å². The smallest absolute Gasteiger partial charge is 0.341 e. The van der Waals surface area contributed by atoms with Crippen LogP contribution in [0.2, 0.25) is 0 Å². The van der Waals surface area contributed by atoms with E-state index in [9.17, 15) is 4.79 Å². The summed E-state index contributed by atoms with van der Waals surface area (Å²) in [6.07, 6.45) is 2.04. The van der Waals surface area contributed by atoms with Gasteiger partial charge in [-0.15, -0.1) is 11.3 Å². The van der Waals surface area contributed by atoms with Crippen molar-refractivity contribution in [1.29, 1.82) is 0 Å². The van der Waals surface area contributed by atoms with Crippen molar-refractivity contribution in [2.75, 3.05) is 25.5 Å². The predicted molar refractivity (Wildman–Crippen MR) is 114 cm³/mol. The first-order valence-corrected chi connectivity index (χ1v) is 10.1. The van der Waals surface area contributed by atoms with Gasteiger partial charge in [0.15, 0.2) is 5.11 Å². The molecule has 0 aliphatic carbocycles. The van der Waals surface area contributed by atoms with Gasteiger partial charge < -0.3 is 15.0 Å². The Morgan fingerprint density at radius 3 is 2.35 bits per heavy atom. The Hall–Kier alpha value is -1.92. The van der Waals surface area contributed by atoms with Crippen molar-refractivity contribution >= 4 is 39.6 Å². The largest absolute Gasteiger partial charge is 0.465 e. The molecule has 140 valence electrons. The molecule has 0 bridgehead atoms. The molecule has 0 aliphatic rings. The van der Waals surface area contributed by atoms with E-state index in [4.69, 9.17) is 17.0 Å². The molecule has 0 radical (unpaired) electrons. The molecule has 2 aromatic rings. The number of methoxy groups -OCH3 is 1. The minimum absolute atomic E-state index is 0.351. The van der Waals surface area contributed by atoms with E-state index in [-0.39, 0.29) is 5.97 Å². The number of esters is 1. The molecule has 0 saturated heterocycles. The van der Waals surface area contributed by atoms with Crippen molar-refractivity contribution in [3.63, 3.8) is 0 Å². The highest BCUT2D eigenvalue weighted by atomic mass is 32.1. The Kier molecular flexibility index (Phi) is 7.60. The van der Waals surface area contributed by atoms with Crippen LogP contribution in [-0.2, 0) is 4.74 Å². The van der Waals surface area contributed by atoms with E-state index in [1.165, 1.54) is 18.4 Å². The third-order valence-corrected chi connectivity index (χ3v) is 5.41. The van der Waals surface area contributed by atoms with Crippen LogP contribution in [0.25, 0.3) is 11.1 Å². The molecule has 0 aliphatic heterocycles. The summed E-state index contributed by atoms with van der Waals surface area (Å²) >= 11 is 7.14. The molecule has 26 heavy (non-hydrogen) atoms. The van der Waals surface area contributed by atoms with Gasteiger partial charge in [0, 0.05) is 23.5 Å². The molecular weight excluding hydrogens is 364 g/mol. The SMILES string of the molecule is CCCN(CCC)C(=S)Nc1sc(C)c(-c2ccccc2)c1C(=O)OC. The van der Waals surface area contributed by atoms with E-state index in [1.807, 2.05) is 37.3 Å². The van der Waals surface area contributed by atoms with Crippen LogP contribution in [0.3, 0.4) is 0 Å². The second-order valence-electron chi connectivity index (χ2n) is 6.01. The topological polar surface area (TPSA) is 41.6 Å². The summed E-state index contributed by atoms with van der Waals surface area (Å²) in [5.74, 6) is -0.351. The number of rotatable bonds is 7. The van der Waals surface area contributed by atoms with Crippen LogP contribution in [0.4, 0.5) is 5.00 Å². The van der Waals surface area contributed by atoms with Crippen LogP contribution < -0.4 is 5.32 Å². The lowest BCUT2D eigenvalue weighted by Gasteiger charge is -2.24. The highest BCUT2D eigenvalue weighted by Crippen LogP contribution is 2.40. The van der Waals surface area contributed by atoms with Crippen molar-refractivity contribution in [3.05, 3.63) is 40.8 Å². The number of ether oxygens (including phenoxy) is 1. The van der Waals surface area contributed by atoms with Crippen LogP contribution in [0.5, 0.6) is 0 Å². The van der Waals surface area contributed by atoms with Crippen LogP contribution in [0.15, 0.2) is 30.3 Å². The van der Waals surface area contributed by atoms with Crippen molar-refractivity contribution < 1.29 is 9.53 Å². The number of benzene rings is 1. The summed E-state index contributed by atoms with van der Waals surface area (Å²) in [5.41, 5.74) is 2.46. The number of anilines is 1. The maximum Gasteiger partial charge on any atom is 0.341 e. The molecule has 1 aromatic heterocycles. The zero-order valence-corrected chi connectivity index (χ0v) is 17.4. The molecule has 0 fully saturated rings. The fraction of sp³-hybridized carbons (Fsp3) is 0.400. The standard InChI is InChI=1S/C20H26N2O2S2/c1-5-12-22(13-6-2)20(25)21-18-17(19(23)24-4)16(14(3)26-18)15-10-8-7-9-11-15/h7-11H,5-6,12-13H2,1-4H3,(H,21,25). The van der Waals surface area contributed by atoms with Gasteiger partial charge in [-0.05, 0) is 37.5 Å². The van der Waals surface area contributed by atoms with Crippen molar-refractivity contribution in [1.82, 2.24) is 4.90 Å². The van der Waals surface area contributed by atoms with Gasteiger partial charge in [0.25, 0.3) is 0 Å². The summed E-state index contributed by atoms with van der Waals surface area (Å²) in [6.45, 7) is 8.07. The van der Waals surface area contributed by atoms with Crippen molar-refractivity contribution in [3.8, 4) is 11.1 Å². The lowest BCUT2D eigenvalue weighted by atomic mass is 10.0. The fourth-order valence-electron chi connectivity index (χ4n) is 2.91. The van der Waals surface area contributed by atoms with Crippen LogP contribution in [0.1, 0.15) is 41.9 Å². The molecule has 6 heteroatoms. The number of aryl methyl sites for hydroxylation is 1. The number of carbonyl (C=O) groups excluding carboxylic acids is 1. The first-order chi connectivity index (χ1) is 12.5. The lowest BCUT2D eigenvalue weighted by Crippen LogP contribution is -2.36. The van der Waals surface area contributed by atoms with Gasteiger partial charge in [-0.25, -0.2) is 4.79 Å². The average Bonchev–Trinajstić information content (AvgIpc) is 2.97. The Labute approximate surface area is 165 Å². The van der Waals surface area contributed by atoms with Crippen molar-refractivity contribution in [2.24, 2.45) is 0 Å². The quantitative estimate of drug-likeness (QED) is 0.511. The third kappa shape index (κ3) is 4.62. The Morgan fingerprint density at radius 1 is 1.19 bits per heavy atom. The second kappa shape index (κ2) is 9.69. The van der Waals surface area contributed by atoms with Gasteiger partial charge in [-0.1, -0.05) is 44.2 Å². The van der Waals surface area contributed by atoms with Crippen LogP contribution in [-0.4, -0.2) is 36.2 Å². The van der Waals surface area contributed by atoms with E-state index >= 15 is 0 Å². The molecular formula is C20H26N2O2S2. The number of thiocarbonyl (C=S) groups is 1. The summed E-state index contributed by atoms with van der Waals surface area (Å²) in [6, 6.07) is 9.91. The van der Waals surface area contributed by atoms with E-state index in [0.717, 1.165) is 46.9 Å². The average molecular weight is 391 g/mol. The molecule has 2 rings (SSSR count). The Balaban J connectivity index is 2.43. The minimum Gasteiger partial charge on any atom is -0.465 e. The monoisotopic (exact) mass is 390 g/mol. The number of hydrogen-bond acceptors (Lipinski definition) is 4. The normalized spacial score (nSPS) is 10.5. The number of nitrogens with zero attached hydrogens (tertiary/aromatic N) is 1. The predicted octanol–water partition coefficient (Wildman–Crippen LogP) is 5.33. The number of thiophene rings is 1. The van der Waals surface area contributed by atoms with E-state index < -0.39 is 0 Å². The molecule has 0 atom stereocenters. The third-order valence-electron chi connectivity index (χ3n) is 4.03.